The van der Waals surface area contributed by atoms with E-state index in [0.717, 1.165) is 25.7 Å². The monoisotopic (exact) mass is 272 g/mol. The van der Waals surface area contributed by atoms with Crippen molar-refractivity contribution >= 4 is 0 Å². The lowest BCUT2D eigenvalue weighted by molar-refractivity contribution is -0.110. The zero-order chi connectivity index (χ0) is 14.5. The van der Waals surface area contributed by atoms with Gasteiger partial charge in [0.1, 0.15) is 6.79 Å². The molecule has 0 bridgehead atoms. The standard InChI is InChI=1S/C16H32O3/c1-5-8-9-10-12-14(15(17)7-3)16(11-6-2)19-13-18-4/h6,14-17H,2,5,7-13H2,1,3-4H3/t14-,15-,16-/m1/s1. The van der Waals surface area contributed by atoms with Gasteiger partial charge in [-0.25, -0.2) is 0 Å². The van der Waals surface area contributed by atoms with E-state index in [1.165, 1.54) is 19.3 Å². The summed E-state index contributed by atoms with van der Waals surface area (Å²) >= 11 is 0. The molecule has 0 amide bonds. The van der Waals surface area contributed by atoms with Crippen molar-refractivity contribution in [3.63, 3.8) is 0 Å². The maximum Gasteiger partial charge on any atom is 0.146 e. The van der Waals surface area contributed by atoms with E-state index >= 15 is 0 Å². The molecule has 0 heterocycles. The summed E-state index contributed by atoms with van der Waals surface area (Å²) in [7, 11) is 1.62. The molecule has 19 heavy (non-hydrogen) atoms. The number of rotatable bonds is 13. The van der Waals surface area contributed by atoms with Gasteiger partial charge in [0.2, 0.25) is 0 Å². The molecule has 114 valence electrons. The number of methoxy groups -OCH3 is 1. The molecule has 0 aromatic heterocycles. The van der Waals surface area contributed by atoms with Crippen LogP contribution in [0, 0.1) is 5.92 Å². The van der Waals surface area contributed by atoms with Crippen LogP contribution in [0.5, 0.6) is 0 Å². The van der Waals surface area contributed by atoms with E-state index in [0.29, 0.717) is 0 Å². The number of hydrogen-bond acceptors (Lipinski definition) is 3. The largest absolute Gasteiger partial charge is 0.393 e. The number of ether oxygens (including phenoxy) is 2. The molecule has 0 radical (unpaired) electrons. The van der Waals surface area contributed by atoms with Crippen molar-refractivity contribution in [2.24, 2.45) is 5.92 Å². The minimum atomic E-state index is -0.302. The Labute approximate surface area is 119 Å². The Morgan fingerprint density at radius 2 is 1.95 bits per heavy atom. The maximum absolute atomic E-state index is 10.2. The van der Waals surface area contributed by atoms with Gasteiger partial charge >= 0.3 is 0 Å². The maximum atomic E-state index is 10.2. The Balaban J connectivity index is 4.42. The molecular weight excluding hydrogens is 240 g/mol. The minimum Gasteiger partial charge on any atom is -0.393 e. The Hall–Kier alpha value is -0.380. The molecule has 0 saturated heterocycles. The third kappa shape index (κ3) is 8.40. The first-order valence-corrected chi connectivity index (χ1v) is 7.60. The predicted octanol–water partition coefficient (Wildman–Crippen LogP) is 3.91. The van der Waals surface area contributed by atoms with E-state index < -0.39 is 0 Å². The van der Waals surface area contributed by atoms with Gasteiger partial charge in [0.25, 0.3) is 0 Å². The highest BCUT2D eigenvalue weighted by Gasteiger charge is 2.26. The van der Waals surface area contributed by atoms with Crippen LogP contribution in [0.4, 0.5) is 0 Å². The van der Waals surface area contributed by atoms with Gasteiger partial charge in [-0.1, -0.05) is 45.6 Å². The second kappa shape index (κ2) is 12.6. The minimum absolute atomic E-state index is 0.00836. The zero-order valence-electron chi connectivity index (χ0n) is 12.9. The van der Waals surface area contributed by atoms with Gasteiger partial charge in [0.15, 0.2) is 0 Å². The highest BCUT2D eigenvalue weighted by molar-refractivity contribution is 4.83. The third-order valence-corrected chi connectivity index (χ3v) is 3.58. The van der Waals surface area contributed by atoms with E-state index in [2.05, 4.69) is 13.5 Å². The molecule has 3 atom stereocenters. The molecule has 0 rings (SSSR count). The summed E-state index contributed by atoms with van der Waals surface area (Å²) in [6, 6.07) is 0. The Morgan fingerprint density at radius 3 is 2.47 bits per heavy atom. The summed E-state index contributed by atoms with van der Waals surface area (Å²) in [5.41, 5.74) is 0. The fraction of sp³-hybridized carbons (Fsp3) is 0.875. The van der Waals surface area contributed by atoms with Crippen molar-refractivity contribution < 1.29 is 14.6 Å². The van der Waals surface area contributed by atoms with Crippen LogP contribution in [0.25, 0.3) is 0 Å². The first-order valence-electron chi connectivity index (χ1n) is 7.60. The smallest absolute Gasteiger partial charge is 0.146 e. The quantitative estimate of drug-likeness (QED) is 0.314. The van der Waals surface area contributed by atoms with E-state index in [-0.39, 0.29) is 24.9 Å². The summed E-state index contributed by atoms with van der Waals surface area (Å²) in [6.45, 7) is 8.29. The van der Waals surface area contributed by atoms with Crippen LogP contribution in [0.15, 0.2) is 12.7 Å². The molecule has 1 N–H and O–H groups in total. The lowest BCUT2D eigenvalue weighted by atomic mass is 9.87. The Morgan fingerprint density at radius 1 is 1.21 bits per heavy atom. The first kappa shape index (κ1) is 18.6. The molecule has 3 heteroatoms. The van der Waals surface area contributed by atoms with Gasteiger partial charge in [0, 0.05) is 13.0 Å². The highest BCUT2D eigenvalue weighted by Crippen LogP contribution is 2.25. The fourth-order valence-corrected chi connectivity index (χ4v) is 2.42. The van der Waals surface area contributed by atoms with Crippen LogP contribution < -0.4 is 0 Å². The van der Waals surface area contributed by atoms with Gasteiger partial charge in [-0.2, -0.15) is 0 Å². The molecule has 0 unspecified atom stereocenters. The molecule has 0 aliphatic heterocycles. The van der Waals surface area contributed by atoms with Gasteiger partial charge in [0.05, 0.1) is 12.2 Å². The molecule has 0 aliphatic carbocycles. The molecule has 0 aliphatic rings. The SMILES string of the molecule is C=CC[C@@H](OCOC)[C@H](CCCCCC)[C@H](O)CC. The van der Waals surface area contributed by atoms with Gasteiger partial charge < -0.3 is 14.6 Å². The molecule has 0 aromatic carbocycles. The van der Waals surface area contributed by atoms with Crippen LogP contribution in [0.1, 0.15) is 58.8 Å². The van der Waals surface area contributed by atoms with Crippen LogP contribution in [-0.2, 0) is 9.47 Å². The lowest BCUT2D eigenvalue weighted by Gasteiger charge is -2.30. The average molecular weight is 272 g/mol. The van der Waals surface area contributed by atoms with Crippen molar-refractivity contribution in [3.05, 3.63) is 12.7 Å². The zero-order valence-corrected chi connectivity index (χ0v) is 12.9. The molecule has 0 aromatic rings. The number of aliphatic hydroxyl groups is 1. The van der Waals surface area contributed by atoms with Crippen molar-refractivity contribution in [2.45, 2.75) is 71.0 Å². The van der Waals surface area contributed by atoms with E-state index in [1.807, 2.05) is 13.0 Å². The van der Waals surface area contributed by atoms with Crippen molar-refractivity contribution in [2.75, 3.05) is 13.9 Å². The molecular formula is C16H32O3. The first-order chi connectivity index (χ1) is 9.21. The van der Waals surface area contributed by atoms with Crippen LogP contribution >= 0.6 is 0 Å². The van der Waals surface area contributed by atoms with Crippen molar-refractivity contribution in [3.8, 4) is 0 Å². The normalized spacial score (nSPS) is 16.0. The summed E-state index contributed by atoms with van der Waals surface area (Å²) in [6.07, 6.45) is 8.99. The third-order valence-electron chi connectivity index (χ3n) is 3.58. The molecule has 0 saturated carbocycles. The number of aliphatic hydroxyl groups excluding tert-OH is 1. The Bertz CT molecular complexity index is 206. The predicted molar refractivity (Wildman–Crippen MR) is 80.1 cm³/mol. The topological polar surface area (TPSA) is 38.7 Å². The van der Waals surface area contributed by atoms with Crippen LogP contribution in [0.3, 0.4) is 0 Å². The second-order valence-electron chi connectivity index (χ2n) is 5.12. The highest BCUT2D eigenvalue weighted by atomic mass is 16.7. The summed E-state index contributed by atoms with van der Waals surface area (Å²) in [5.74, 6) is 0.176. The Kier molecular flexibility index (Phi) is 12.4. The summed E-state index contributed by atoms with van der Waals surface area (Å²) < 4.78 is 10.7. The van der Waals surface area contributed by atoms with Gasteiger partial charge in [-0.3, -0.25) is 0 Å². The summed E-state index contributed by atoms with van der Waals surface area (Å²) in [5, 5.41) is 10.2. The molecule has 0 fully saturated rings. The van der Waals surface area contributed by atoms with Crippen molar-refractivity contribution in [1.29, 1.82) is 0 Å². The van der Waals surface area contributed by atoms with Crippen LogP contribution in [-0.4, -0.2) is 31.2 Å². The molecule has 0 spiro atoms. The van der Waals surface area contributed by atoms with E-state index in [9.17, 15) is 5.11 Å². The number of unbranched alkanes of at least 4 members (excludes halogenated alkanes) is 3. The lowest BCUT2D eigenvalue weighted by Crippen LogP contribution is -2.34. The van der Waals surface area contributed by atoms with Gasteiger partial charge in [-0.05, 0) is 19.3 Å². The fourth-order valence-electron chi connectivity index (χ4n) is 2.42. The van der Waals surface area contributed by atoms with Crippen LogP contribution in [0.2, 0.25) is 0 Å². The van der Waals surface area contributed by atoms with Crippen molar-refractivity contribution in [1.82, 2.24) is 0 Å². The van der Waals surface area contributed by atoms with E-state index in [1.54, 1.807) is 7.11 Å². The second-order valence-corrected chi connectivity index (χ2v) is 5.12. The molecule has 3 nitrogen and oxygen atoms in total. The summed E-state index contributed by atoms with van der Waals surface area (Å²) in [4.78, 5) is 0. The average Bonchev–Trinajstić information content (AvgIpc) is 2.43. The van der Waals surface area contributed by atoms with Gasteiger partial charge in [-0.15, -0.1) is 6.58 Å². The number of hydrogen-bond donors (Lipinski definition) is 1. The van der Waals surface area contributed by atoms with E-state index in [4.69, 9.17) is 9.47 Å².